The zero-order chi connectivity index (χ0) is 29.9. The Bertz CT molecular complexity index is 1610. The number of imide groups is 1. The molecule has 0 aromatic heterocycles. The minimum absolute atomic E-state index is 0.105. The van der Waals surface area contributed by atoms with Crippen LogP contribution < -0.4 is 4.90 Å². The Morgan fingerprint density at radius 2 is 1.26 bits per heavy atom. The number of Topliss-reactive ketones (excluding diaryl/α,β-unsaturated/α-hetero) is 2. The van der Waals surface area contributed by atoms with E-state index in [1.165, 1.54) is 0 Å². The summed E-state index contributed by atoms with van der Waals surface area (Å²) in [7, 11) is 0. The molecule has 2 atom stereocenters. The summed E-state index contributed by atoms with van der Waals surface area (Å²) in [6.45, 7) is 5.19. The van der Waals surface area contributed by atoms with Crippen molar-refractivity contribution in [3.8, 4) is 0 Å². The molecule has 5 rings (SSSR count). The lowest BCUT2D eigenvalue weighted by Crippen LogP contribution is -2.52. The number of carbonyl (C=O) groups is 4. The molecule has 1 aliphatic heterocycles. The summed E-state index contributed by atoms with van der Waals surface area (Å²) in [6, 6.07) is 33.8. The molecule has 1 aliphatic rings. The van der Waals surface area contributed by atoms with E-state index in [2.05, 4.69) is 0 Å². The maximum absolute atomic E-state index is 14.9. The second kappa shape index (κ2) is 11.6. The summed E-state index contributed by atoms with van der Waals surface area (Å²) < 4.78 is 5.68. The van der Waals surface area contributed by atoms with Crippen molar-refractivity contribution < 1.29 is 23.9 Å². The number of amides is 2. The van der Waals surface area contributed by atoms with Crippen LogP contribution in [0.1, 0.15) is 59.0 Å². The Morgan fingerprint density at radius 1 is 0.738 bits per heavy atom. The van der Waals surface area contributed by atoms with Crippen molar-refractivity contribution in [3.05, 3.63) is 138 Å². The monoisotopic (exact) mass is 559 g/mol. The number of hydrogen-bond acceptors (Lipinski definition) is 5. The average Bonchev–Trinajstić information content (AvgIpc) is 3.24. The molecule has 4 aromatic rings. The van der Waals surface area contributed by atoms with Gasteiger partial charge in [-0.05, 0) is 44.4 Å². The van der Waals surface area contributed by atoms with Gasteiger partial charge in [0.2, 0.25) is 5.91 Å². The van der Waals surface area contributed by atoms with Crippen molar-refractivity contribution in [2.75, 3.05) is 4.90 Å². The molecule has 2 amide bonds. The molecule has 6 heteroatoms. The summed E-state index contributed by atoms with van der Waals surface area (Å²) in [5, 5.41) is 0. The molecule has 42 heavy (non-hydrogen) atoms. The molecule has 4 aromatic carbocycles. The maximum Gasteiger partial charge on any atom is 0.421 e. The first-order valence-corrected chi connectivity index (χ1v) is 14.0. The number of nitrogens with zero attached hydrogens (tertiary/aromatic N) is 1. The first kappa shape index (κ1) is 28.7. The van der Waals surface area contributed by atoms with Gasteiger partial charge in [0.1, 0.15) is 5.60 Å². The third-order valence-electron chi connectivity index (χ3n) is 7.57. The normalized spacial score (nSPS) is 16.9. The minimum atomic E-state index is -1.56. The number of fused-ring (bicyclic) bond motifs is 1. The lowest BCUT2D eigenvalue weighted by atomic mass is 9.63. The fourth-order valence-electron chi connectivity index (χ4n) is 5.73. The van der Waals surface area contributed by atoms with E-state index in [0.29, 0.717) is 22.4 Å². The fraction of sp³-hybridized carbons (Fsp3) is 0.222. The summed E-state index contributed by atoms with van der Waals surface area (Å²) in [4.78, 5) is 57.8. The molecule has 6 nitrogen and oxygen atoms in total. The average molecular weight is 560 g/mol. The number of para-hydroxylation sites is 1. The van der Waals surface area contributed by atoms with Crippen molar-refractivity contribution in [2.45, 2.75) is 44.6 Å². The number of carbonyl (C=O) groups excluding carboxylic acids is 4. The van der Waals surface area contributed by atoms with Crippen molar-refractivity contribution in [3.63, 3.8) is 0 Å². The van der Waals surface area contributed by atoms with Gasteiger partial charge in [0.25, 0.3) is 0 Å². The van der Waals surface area contributed by atoms with Crippen LogP contribution in [0.15, 0.2) is 115 Å². The molecule has 1 heterocycles. The number of rotatable bonds is 8. The largest absolute Gasteiger partial charge is 0.443 e. The van der Waals surface area contributed by atoms with Crippen molar-refractivity contribution in [2.24, 2.45) is 5.92 Å². The number of benzene rings is 4. The quantitative estimate of drug-likeness (QED) is 0.213. The highest BCUT2D eigenvalue weighted by Crippen LogP contribution is 2.51. The predicted molar refractivity (Wildman–Crippen MR) is 162 cm³/mol. The first-order chi connectivity index (χ1) is 20.1. The molecule has 0 spiro atoms. The SMILES string of the molecule is CC(C)(C)OC(=O)N1C(=O)[C@](Cc2ccccc2)([C@H](CC(=O)c2ccccc2)C(=O)c2ccccc2)c2ccccc21. The smallest absolute Gasteiger partial charge is 0.421 e. The zero-order valence-electron chi connectivity index (χ0n) is 23.9. The Labute approximate surface area is 245 Å². The van der Waals surface area contributed by atoms with Gasteiger partial charge in [-0.15, -0.1) is 0 Å². The minimum Gasteiger partial charge on any atom is -0.443 e. The van der Waals surface area contributed by atoms with E-state index in [-0.39, 0.29) is 24.4 Å². The van der Waals surface area contributed by atoms with E-state index < -0.39 is 28.9 Å². The highest BCUT2D eigenvalue weighted by Gasteiger charge is 2.60. The van der Waals surface area contributed by atoms with Gasteiger partial charge in [-0.2, -0.15) is 0 Å². The third kappa shape index (κ3) is 5.53. The Balaban J connectivity index is 1.74. The van der Waals surface area contributed by atoms with Crippen LogP contribution in [0.4, 0.5) is 10.5 Å². The van der Waals surface area contributed by atoms with Gasteiger partial charge in [-0.1, -0.05) is 109 Å². The second-order valence-corrected chi connectivity index (χ2v) is 11.5. The van der Waals surface area contributed by atoms with E-state index in [4.69, 9.17) is 4.74 Å². The molecular formula is C36H33NO5. The Hall–Kier alpha value is -4.84. The first-order valence-electron chi connectivity index (χ1n) is 14.0. The summed E-state index contributed by atoms with van der Waals surface area (Å²) in [5.74, 6) is -2.31. The van der Waals surface area contributed by atoms with Crippen molar-refractivity contribution >= 4 is 29.3 Å². The topological polar surface area (TPSA) is 80.8 Å². The summed E-state index contributed by atoms with van der Waals surface area (Å²) in [5.41, 5.74) is 0.0687. The number of anilines is 1. The summed E-state index contributed by atoms with van der Waals surface area (Å²) >= 11 is 0. The molecule has 0 unspecified atom stereocenters. The van der Waals surface area contributed by atoms with Gasteiger partial charge in [0, 0.05) is 23.5 Å². The summed E-state index contributed by atoms with van der Waals surface area (Å²) in [6.07, 6.45) is -0.948. The predicted octanol–water partition coefficient (Wildman–Crippen LogP) is 7.22. The van der Waals surface area contributed by atoms with Crippen LogP contribution >= 0.6 is 0 Å². The highest BCUT2D eigenvalue weighted by atomic mass is 16.6. The van der Waals surface area contributed by atoms with Crippen molar-refractivity contribution in [1.82, 2.24) is 0 Å². The molecule has 0 N–H and O–H groups in total. The molecule has 0 fully saturated rings. The van der Waals surface area contributed by atoms with Gasteiger partial charge in [0.15, 0.2) is 11.6 Å². The van der Waals surface area contributed by atoms with E-state index in [1.54, 1.807) is 99.6 Å². The van der Waals surface area contributed by atoms with Crippen LogP contribution in [-0.4, -0.2) is 29.2 Å². The molecule has 0 bridgehead atoms. The maximum atomic E-state index is 14.9. The van der Waals surface area contributed by atoms with Gasteiger partial charge >= 0.3 is 6.09 Å². The Kier molecular flexibility index (Phi) is 7.90. The van der Waals surface area contributed by atoms with Gasteiger partial charge in [-0.3, -0.25) is 14.4 Å². The van der Waals surface area contributed by atoms with E-state index in [1.807, 2.05) is 36.4 Å². The standard InChI is InChI=1S/C36H33NO5/c1-35(2,3)42-34(41)37-30-22-14-13-21-28(30)36(33(37)40,24-25-15-7-4-8-16-25)29(32(39)27-19-11-6-12-20-27)23-31(38)26-17-9-5-10-18-26/h4-22,29H,23-24H2,1-3H3/t29-,36+/m1/s1. The van der Waals surface area contributed by atoms with Crippen LogP contribution in [0.3, 0.4) is 0 Å². The number of hydrogen-bond donors (Lipinski definition) is 0. The lowest BCUT2D eigenvalue weighted by molar-refractivity contribution is -0.124. The number of ketones is 2. The fourth-order valence-corrected chi connectivity index (χ4v) is 5.73. The van der Waals surface area contributed by atoms with Crippen LogP contribution in [0.25, 0.3) is 0 Å². The van der Waals surface area contributed by atoms with Crippen LogP contribution in [0.5, 0.6) is 0 Å². The molecule has 0 saturated heterocycles. The molecule has 0 radical (unpaired) electrons. The molecule has 212 valence electrons. The van der Waals surface area contributed by atoms with Crippen LogP contribution in [-0.2, 0) is 21.4 Å². The lowest BCUT2D eigenvalue weighted by Gasteiger charge is -2.36. The second-order valence-electron chi connectivity index (χ2n) is 11.5. The third-order valence-corrected chi connectivity index (χ3v) is 7.57. The zero-order valence-corrected chi connectivity index (χ0v) is 23.9. The molecule has 0 saturated carbocycles. The highest BCUT2D eigenvalue weighted by molar-refractivity contribution is 6.23. The van der Waals surface area contributed by atoms with E-state index in [9.17, 15) is 19.2 Å². The van der Waals surface area contributed by atoms with Gasteiger partial charge < -0.3 is 4.74 Å². The van der Waals surface area contributed by atoms with Gasteiger partial charge in [-0.25, -0.2) is 9.69 Å². The molecular weight excluding hydrogens is 526 g/mol. The van der Waals surface area contributed by atoms with Gasteiger partial charge in [0.05, 0.1) is 11.1 Å². The van der Waals surface area contributed by atoms with Crippen molar-refractivity contribution in [1.29, 1.82) is 0 Å². The Morgan fingerprint density at radius 3 is 1.86 bits per heavy atom. The molecule has 0 aliphatic carbocycles. The van der Waals surface area contributed by atoms with E-state index >= 15 is 0 Å². The van der Waals surface area contributed by atoms with E-state index in [0.717, 1.165) is 10.5 Å². The number of ether oxygens (including phenoxy) is 1. The van der Waals surface area contributed by atoms with Crippen LogP contribution in [0, 0.1) is 5.92 Å². The van der Waals surface area contributed by atoms with Crippen LogP contribution in [0.2, 0.25) is 0 Å².